The van der Waals surface area contributed by atoms with Gasteiger partial charge in [0.25, 0.3) is 0 Å². The van der Waals surface area contributed by atoms with E-state index < -0.39 is 20.5 Å². The molecule has 0 heterocycles. The lowest BCUT2D eigenvalue weighted by molar-refractivity contribution is -0.121. The van der Waals surface area contributed by atoms with E-state index in [0.29, 0.717) is 11.5 Å². The SMILES string of the molecule is C[C@@H]1CCCC[C@@H]1NC(=O)Cc1ccc(S(=O)(=O)C(F)F)cc1. The van der Waals surface area contributed by atoms with Crippen molar-refractivity contribution in [1.82, 2.24) is 5.32 Å². The predicted molar refractivity (Wildman–Crippen MR) is 82.9 cm³/mol. The average Bonchev–Trinajstić information content (AvgIpc) is 2.50. The number of hydrogen-bond acceptors (Lipinski definition) is 3. The molecule has 0 aromatic heterocycles. The standard InChI is InChI=1S/C16H21F2NO3S/c1-11-4-2-3-5-14(11)19-15(20)10-12-6-8-13(9-7-12)23(21,22)16(17)18/h6-9,11,14,16H,2-5,10H2,1H3,(H,19,20)/t11-,14+/m1/s1. The lowest BCUT2D eigenvalue weighted by Gasteiger charge is -2.29. The van der Waals surface area contributed by atoms with Gasteiger partial charge in [0.1, 0.15) is 0 Å². The largest absolute Gasteiger partial charge is 0.353 e. The smallest absolute Gasteiger partial charge is 0.341 e. The summed E-state index contributed by atoms with van der Waals surface area (Å²) in [4.78, 5) is 11.6. The number of rotatable bonds is 5. The molecule has 0 saturated heterocycles. The van der Waals surface area contributed by atoms with Gasteiger partial charge < -0.3 is 5.32 Å². The Labute approximate surface area is 135 Å². The van der Waals surface area contributed by atoms with E-state index in [4.69, 9.17) is 0 Å². The highest BCUT2D eigenvalue weighted by molar-refractivity contribution is 7.91. The Kier molecular flexibility index (Phi) is 5.73. The van der Waals surface area contributed by atoms with Gasteiger partial charge in [-0.15, -0.1) is 0 Å². The Bertz CT molecular complexity index is 644. The Hall–Kier alpha value is -1.50. The van der Waals surface area contributed by atoms with Crippen molar-refractivity contribution >= 4 is 15.7 Å². The number of amides is 1. The van der Waals surface area contributed by atoms with E-state index in [2.05, 4.69) is 12.2 Å². The van der Waals surface area contributed by atoms with Crippen LogP contribution in [0.1, 0.15) is 38.2 Å². The van der Waals surface area contributed by atoms with Crippen molar-refractivity contribution in [3.63, 3.8) is 0 Å². The van der Waals surface area contributed by atoms with Crippen molar-refractivity contribution in [3.8, 4) is 0 Å². The van der Waals surface area contributed by atoms with Crippen LogP contribution < -0.4 is 5.32 Å². The second-order valence-electron chi connectivity index (χ2n) is 6.06. The monoisotopic (exact) mass is 345 g/mol. The zero-order chi connectivity index (χ0) is 17.0. The second-order valence-corrected chi connectivity index (χ2v) is 7.98. The molecule has 4 nitrogen and oxygen atoms in total. The molecule has 1 saturated carbocycles. The van der Waals surface area contributed by atoms with Crippen molar-refractivity contribution in [2.24, 2.45) is 5.92 Å². The first-order valence-corrected chi connectivity index (χ1v) is 9.25. The summed E-state index contributed by atoms with van der Waals surface area (Å²) in [6, 6.07) is 5.22. The third-order valence-corrected chi connectivity index (χ3v) is 5.71. The molecular weight excluding hydrogens is 324 g/mol. The fourth-order valence-electron chi connectivity index (χ4n) is 2.87. The summed E-state index contributed by atoms with van der Waals surface area (Å²) in [5.74, 6) is -3.12. The first-order valence-electron chi connectivity index (χ1n) is 7.71. The summed E-state index contributed by atoms with van der Waals surface area (Å²) in [5, 5.41) is 3.00. The van der Waals surface area contributed by atoms with Gasteiger partial charge in [0.05, 0.1) is 11.3 Å². The molecule has 1 amide bonds. The maximum atomic E-state index is 12.5. The van der Waals surface area contributed by atoms with E-state index in [0.717, 1.165) is 31.4 Å². The molecule has 1 aliphatic carbocycles. The highest BCUT2D eigenvalue weighted by Crippen LogP contribution is 2.24. The van der Waals surface area contributed by atoms with Crippen molar-refractivity contribution in [3.05, 3.63) is 29.8 Å². The van der Waals surface area contributed by atoms with Gasteiger partial charge in [-0.2, -0.15) is 8.78 Å². The molecule has 0 radical (unpaired) electrons. The molecule has 0 bridgehead atoms. The predicted octanol–water partition coefficient (Wildman–Crippen LogP) is 2.92. The number of carbonyl (C=O) groups excluding carboxylic acids is 1. The van der Waals surface area contributed by atoms with Gasteiger partial charge in [0.2, 0.25) is 15.7 Å². The van der Waals surface area contributed by atoms with Crippen LogP contribution in [0.25, 0.3) is 0 Å². The third kappa shape index (κ3) is 4.50. The average molecular weight is 345 g/mol. The van der Waals surface area contributed by atoms with E-state index >= 15 is 0 Å². The summed E-state index contributed by atoms with van der Waals surface area (Å²) in [7, 11) is -4.59. The van der Waals surface area contributed by atoms with E-state index in [1.807, 2.05) is 0 Å². The molecule has 1 aliphatic rings. The Morgan fingerprint density at radius 3 is 2.39 bits per heavy atom. The lowest BCUT2D eigenvalue weighted by Crippen LogP contribution is -2.41. The topological polar surface area (TPSA) is 63.2 Å². The van der Waals surface area contributed by atoms with Crippen LogP contribution in [0, 0.1) is 5.92 Å². The molecule has 2 atom stereocenters. The number of carbonyl (C=O) groups is 1. The Balaban J connectivity index is 1.97. The van der Waals surface area contributed by atoms with Gasteiger partial charge in [0.15, 0.2) is 0 Å². The van der Waals surface area contributed by atoms with Gasteiger partial charge in [-0.05, 0) is 36.5 Å². The molecule has 0 aliphatic heterocycles. The summed E-state index contributed by atoms with van der Waals surface area (Å²) in [6.45, 7) is 2.12. The number of benzene rings is 1. The van der Waals surface area contributed by atoms with Crippen molar-refractivity contribution in [2.45, 2.75) is 55.7 Å². The van der Waals surface area contributed by atoms with Crippen LogP contribution in [-0.4, -0.2) is 26.1 Å². The first kappa shape index (κ1) is 17.8. The highest BCUT2D eigenvalue weighted by Gasteiger charge is 2.26. The van der Waals surface area contributed by atoms with E-state index in [-0.39, 0.29) is 18.4 Å². The van der Waals surface area contributed by atoms with Gasteiger partial charge in [-0.1, -0.05) is 31.9 Å². The maximum absolute atomic E-state index is 12.5. The fraction of sp³-hybridized carbons (Fsp3) is 0.562. The van der Waals surface area contributed by atoms with Crippen LogP contribution in [0.5, 0.6) is 0 Å². The maximum Gasteiger partial charge on any atom is 0.341 e. The van der Waals surface area contributed by atoms with Crippen LogP contribution in [0.4, 0.5) is 8.78 Å². The number of hydrogen-bond donors (Lipinski definition) is 1. The number of nitrogens with one attached hydrogen (secondary N) is 1. The molecule has 23 heavy (non-hydrogen) atoms. The van der Waals surface area contributed by atoms with Gasteiger partial charge >= 0.3 is 5.76 Å². The van der Waals surface area contributed by atoms with Crippen LogP contribution in [0.15, 0.2) is 29.2 Å². The van der Waals surface area contributed by atoms with Gasteiger partial charge in [0, 0.05) is 6.04 Å². The summed E-state index contributed by atoms with van der Waals surface area (Å²) < 4.78 is 47.6. The van der Waals surface area contributed by atoms with Crippen LogP contribution in [0.3, 0.4) is 0 Å². The van der Waals surface area contributed by atoms with Crippen molar-refractivity contribution < 1.29 is 22.0 Å². The van der Waals surface area contributed by atoms with Crippen LogP contribution in [-0.2, 0) is 21.1 Å². The lowest BCUT2D eigenvalue weighted by atomic mass is 9.86. The van der Waals surface area contributed by atoms with E-state index in [1.54, 1.807) is 0 Å². The molecule has 0 spiro atoms. The molecule has 1 N–H and O–H groups in total. The van der Waals surface area contributed by atoms with Crippen LogP contribution >= 0.6 is 0 Å². The fourth-order valence-corrected chi connectivity index (χ4v) is 3.59. The highest BCUT2D eigenvalue weighted by atomic mass is 32.2. The third-order valence-electron chi connectivity index (χ3n) is 4.31. The summed E-state index contributed by atoms with van der Waals surface area (Å²) in [6.07, 6.45) is 4.48. The van der Waals surface area contributed by atoms with Crippen molar-refractivity contribution in [1.29, 1.82) is 0 Å². The summed E-state index contributed by atoms with van der Waals surface area (Å²) in [5.41, 5.74) is 0.596. The molecule has 1 aromatic carbocycles. The van der Waals surface area contributed by atoms with Gasteiger partial charge in [-0.25, -0.2) is 8.42 Å². The summed E-state index contributed by atoms with van der Waals surface area (Å²) >= 11 is 0. The van der Waals surface area contributed by atoms with Crippen molar-refractivity contribution in [2.75, 3.05) is 0 Å². The molecule has 0 unspecified atom stereocenters. The zero-order valence-electron chi connectivity index (χ0n) is 13.0. The van der Waals surface area contributed by atoms with E-state index in [9.17, 15) is 22.0 Å². The minimum atomic E-state index is -4.59. The number of alkyl halides is 2. The van der Waals surface area contributed by atoms with E-state index in [1.165, 1.54) is 18.6 Å². The molecule has 2 rings (SSSR count). The minimum Gasteiger partial charge on any atom is -0.353 e. The van der Waals surface area contributed by atoms with Gasteiger partial charge in [-0.3, -0.25) is 4.79 Å². The quantitative estimate of drug-likeness (QED) is 0.892. The molecule has 7 heteroatoms. The molecule has 1 aromatic rings. The molecular formula is C16H21F2NO3S. The zero-order valence-corrected chi connectivity index (χ0v) is 13.8. The Morgan fingerprint density at radius 1 is 1.22 bits per heavy atom. The van der Waals surface area contributed by atoms with Crippen LogP contribution in [0.2, 0.25) is 0 Å². The second kappa shape index (κ2) is 7.38. The minimum absolute atomic E-state index is 0.109. The molecule has 1 fully saturated rings. The normalized spacial score (nSPS) is 22.1. The Morgan fingerprint density at radius 2 is 1.83 bits per heavy atom. The molecule has 128 valence electrons. The number of sulfone groups is 1. The number of halogens is 2. The first-order chi connectivity index (χ1) is 10.8.